The number of aliphatic carboxylic acids is 1. The Hall–Kier alpha value is -2.80. The normalized spacial score (nSPS) is 11.3. The van der Waals surface area contributed by atoms with Crippen molar-refractivity contribution in [2.75, 3.05) is 0 Å². The Labute approximate surface area is 110 Å². The number of benzene rings is 2. The molecule has 1 atom stereocenters. The topological polar surface area (TPSA) is 70.3 Å². The van der Waals surface area contributed by atoms with E-state index >= 15 is 0 Å². The number of hydrogen-bond donors (Lipinski definition) is 1. The van der Waals surface area contributed by atoms with Crippen LogP contribution in [0.4, 0.5) is 0 Å². The molecule has 2 rings (SSSR count). The summed E-state index contributed by atoms with van der Waals surface area (Å²) in [5.41, 5.74) is 0.406. The van der Waals surface area contributed by atoms with Crippen molar-refractivity contribution >= 4 is 5.97 Å². The fourth-order valence-electron chi connectivity index (χ4n) is 1.65. The summed E-state index contributed by atoms with van der Waals surface area (Å²) in [6.07, 6.45) is 0. The van der Waals surface area contributed by atoms with Crippen molar-refractivity contribution in [1.29, 1.82) is 5.26 Å². The van der Waals surface area contributed by atoms with Crippen molar-refractivity contribution in [3.05, 3.63) is 60.2 Å². The third-order valence-electron chi connectivity index (χ3n) is 2.55. The van der Waals surface area contributed by atoms with Gasteiger partial charge in [-0.15, -0.1) is 0 Å². The summed E-state index contributed by atoms with van der Waals surface area (Å²) in [4.78, 5) is 10.9. The monoisotopic (exact) mass is 253 g/mol. The van der Waals surface area contributed by atoms with Gasteiger partial charge in [0.2, 0.25) is 0 Å². The van der Waals surface area contributed by atoms with Crippen LogP contribution in [-0.4, -0.2) is 11.1 Å². The fourth-order valence-corrected chi connectivity index (χ4v) is 1.65. The lowest BCUT2D eigenvalue weighted by molar-refractivity contribution is -0.137. The standard InChI is InChI=1S/C15H11NO3/c16-10-14(15(17)18)11-5-4-8-13(9-11)19-12-6-2-1-3-7-12/h1-9,14H,(H,17,18)/t14-/m1/s1. The van der Waals surface area contributed by atoms with E-state index in [4.69, 9.17) is 15.1 Å². The van der Waals surface area contributed by atoms with Gasteiger partial charge in [-0.05, 0) is 29.8 Å². The number of hydrogen-bond acceptors (Lipinski definition) is 3. The minimum atomic E-state index is -1.18. The summed E-state index contributed by atoms with van der Waals surface area (Å²) in [5.74, 6) is -1.19. The lowest BCUT2D eigenvalue weighted by Gasteiger charge is -2.08. The molecule has 0 spiro atoms. The highest BCUT2D eigenvalue weighted by Crippen LogP contribution is 2.25. The van der Waals surface area contributed by atoms with E-state index < -0.39 is 11.9 Å². The highest BCUT2D eigenvalue weighted by molar-refractivity contribution is 5.79. The van der Waals surface area contributed by atoms with Gasteiger partial charge >= 0.3 is 5.97 Å². The molecule has 0 fully saturated rings. The predicted molar refractivity (Wildman–Crippen MR) is 68.9 cm³/mol. The van der Waals surface area contributed by atoms with E-state index in [1.54, 1.807) is 42.5 Å². The number of carboxylic acid groups (broad SMARTS) is 1. The maximum absolute atomic E-state index is 10.9. The van der Waals surface area contributed by atoms with Gasteiger partial charge in [-0.2, -0.15) is 5.26 Å². The fraction of sp³-hybridized carbons (Fsp3) is 0.0667. The second-order valence-corrected chi connectivity index (χ2v) is 3.89. The molecule has 0 saturated carbocycles. The zero-order chi connectivity index (χ0) is 13.7. The van der Waals surface area contributed by atoms with Crippen molar-refractivity contribution in [3.63, 3.8) is 0 Å². The minimum absolute atomic E-state index is 0.406. The Morgan fingerprint density at radius 1 is 1.11 bits per heavy atom. The van der Waals surface area contributed by atoms with E-state index in [-0.39, 0.29) is 0 Å². The van der Waals surface area contributed by atoms with Crippen molar-refractivity contribution in [2.45, 2.75) is 5.92 Å². The molecule has 0 amide bonds. The lowest BCUT2D eigenvalue weighted by Crippen LogP contribution is -2.09. The van der Waals surface area contributed by atoms with Crippen LogP contribution in [0.3, 0.4) is 0 Å². The molecule has 0 radical (unpaired) electrons. The van der Waals surface area contributed by atoms with Crippen LogP contribution in [0.1, 0.15) is 11.5 Å². The number of carbonyl (C=O) groups is 1. The van der Waals surface area contributed by atoms with E-state index in [9.17, 15) is 4.79 Å². The maximum Gasteiger partial charge on any atom is 0.325 e. The smallest absolute Gasteiger partial charge is 0.325 e. The third kappa shape index (κ3) is 3.11. The lowest BCUT2D eigenvalue weighted by atomic mass is 10.0. The number of para-hydroxylation sites is 1. The van der Waals surface area contributed by atoms with Crippen LogP contribution < -0.4 is 4.74 Å². The first-order valence-corrected chi connectivity index (χ1v) is 5.66. The molecular weight excluding hydrogens is 242 g/mol. The molecular formula is C15H11NO3. The number of rotatable bonds is 4. The van der Waals surface area contributed by atoms with Gasteiger partial charge in [-0.25, -0.2) is 0 Å². The Morgan fingerprint density at radius 3 is 2.42 bits per heavy atom. The molecule has 1 N–H and O–H groups in total. The second kappa shape index (κ2) is 5.69. The van der Waals surface area contributed by atoms with Crippen LogP contribution in [-0.2, 0) is 4.79 Å². The predicted octanol–water partition coefficient (Wildman–Crippen LogP) is 3.17. The first-order valence-electron chi connectivity index (χ1n) is 5.66. The molecule has 0 unspecified atom stereocenters. The van der Waals surface area contributed by atoms with E-state index in [1.807, 2.05) is 18.2 Å². The Bertz CT molecular complexity index is 617. The highest BCUT2D eigenvalue weighted by Gasteiger charge is 2.19. The molecule has 4 nitrogen and oxygen atoms in total. The van der Waals surface area contributed by atoms with Crippen LogP contribution in [0.5, 0.6) is 11.5 Å². The Morgan fingerprint density at radius 2 is 1.79 bits per heavy atom. The van der Waals surface area contributed by atoms with Crippen molar-refractivity contribution in [2.24, 2.45) is 0 Å². The van der Waals surface area contributed by atoms with Gasteiger partial charge in [0.25, 0.3) is 0 Å². The highest BCUT2D eigenvalue weighted by atomic mass is 16.5. The first-order chi connectivity index (χ1) is 9.20. The molecule has 0 aliphatic heterocycles. The summed E-state index contributed by atoms with van der Waals surface area (Å²) in [7, 11) is 0. The summed E-state index contributed by atoms with van der Waals surface area (Å²) in [5, 5.41) is 17.8. The average Bonchev–Trinajstić information content (AvgIpc) is 2.41. The van der Waals surface area contributed by atoms with Crippen molar-refractivity contribution in [3.8, 4) is 17.6 Å². The number of nitrogens with zero attached hydrogens (tertiary/aromatic N) is 1. The van der Waals surface area contributed by atoms with Crippen molar-refractivity contribution in [1.82, 2.24) is 0 Å². The number of carboxylic acids is 1. The molecule has 94 valence electrons. The molecule has 0 heterocycles. The van der Waals surface area contributed by atoms with Gasteiger partial charge < -0.3 is 9.84 Å². The van der Waals surface area contributed by atoms with Crippen LogP contribution in [0.25, 0.3) is 0 Å². The summed E-state index contributed by atoms with van der Waals surface area (Å²) in [6.45, 7) is 0. The second-order valence-electron chi connectivity index (χ2n) is 3.89. The number of ether oxygens (including phenoxy) is 1. The first kappa shape index (κ1) is 12.7. The SMILES string of the molecule is N#C[C@@H](C(=O)O)c1cccc(Oc2ccccc2)c1. The zero-order valence-corrected chi connectivity index (χ0v) is 9.98. The minimum Gasteiger partial charge on any atom is -0.480 e. The molecule has 0 aromatic heterocycles. The summed E-state index contributed by atoms with van der Waals surface area (Å²) in [6, 6.07) is 17.5. The third-order valence-corrected chi connectivity index (χ3v) is 2.55. The van der Waals surface area contributed by atoms with Crippen molar-refractivity contribution < 1.29 is 14.6 Å². The van der Waals surface area contributed by atoms with Gasteiger partial charge in [0.05, 0.1) is 6.07 Å². The van der Waals surface area contributed by atoms with Gasteiger partial charge in [0, 0.05) is 0 Å². The largest absolute Gasteiger partial charge is 0.480 e. The van der Waals surface area contributed by atoms with Crippen LogP contribution in [0.15, 0.2) is 54.6 Å². The van der Waals surface area contributed by atoms with Crippen LogP contribution in [0.2, 0.25) is 0 Å². The van der Waals surface area contributed by atoms with E-state index in [0.717, 1.165) is 0 Å². The van der Waals surface area contributed by atoms with Gasteiger partial charge in [0.15, 0.2) is 5.92 Å². The average molecular weight is 253 g/mol. The van der Waals surface area contributed by atoms with E-state index in [1.165, 1.54) is 0 Å². The van der Waals surface area contributed by atoms with E-state index in [2.05, 4.69) is 0 Å². The zero-order valence-electron chi connectivity index (χ0n) is 9.98. The van der Waals surface area contributed by atoms with Gasteiger partial charge in [-0.1, -0.05) is 30.3 Å². The molecule has 0 saturated heterocycles. The maximum atomic E-state index is 10.9. The molecule has 2 aromatic carbocycles. The van der Waals surface area contributed by atoms with Gasteiger partial charge in [-0.3, -0.25) is 4.79 Å². The molecule has 2 aromatic rings. The summed E-state index contributed by atoms with van der Waals surface area (Å²) < 4.78 is 5.59. The Kier molecular flexibility index (Phi) is 3.79. The quantitative estimate of drug-likeness (QED) is 0.908. The summed E-state index contributed by atoms with van der Waals surface area (Å²) >= 11 is 0. The molecule has 19 heavy (non-hydrogen) atoms. The molecule has 0 bridgehead atoms. The van der Waals surface area contributed by atoms with Crippen LogP contribution in [0, 0.1) is 11.3 Å². The van der Waals surface area contributed by atoms with E-state index in [0.29, 0.717) is 17.1 Å². The Balaban J connectivity index is 2.25. The molecule has 4 heteroatoms. The van der Waals surface area contributed by atoms with Crippen LogP contribution >= 0.6 is 0 Å². The molecule has 0 aliphatic carbocycles. The van der Waals surface area contributed by atoms with Gasteiger partial charge in [0.1, 0.15) is 11.5 Å². The number of nitriles is 1. The molecule has 0 aliphatic rings.